The van der Waals surface area contributed by atoms with Crippen LogP contribution in [0.25, 0.3) is 0 Å². The summed E-state index contributed by atoms with van der Waals surface area (Å²) in [7, 11) is -1.71. The van der Waals surface area contributed by atoms with Crippen LogP contribution in [0.4, 0.5) is 11.4 Å². The van der Waals surface area contributed by atoms with E-state index in [1.54, 1.807) is 27.0 Å². The zero-order valence-corrected chi connectivity index (χ0v) is 12.5. The van der Waals surface area contributed by atoms with E-state index in [0.29, 0.717) is 23.7 Å². The zero-order chi connectivity index (χ0) is 14.7. The molecule has 0 heterocycles. The molecule has 0 atom stereocenters. The summed E-state index contributed by atoms with van der Waals surface area (Å²) in [5.74, 6) is 0.582. The van der Waals surface area contributed by atoms with E-state index < -0.39 is 15.6 Å². The zero-order valence-electron chi connectivity index (χ0n) is 11.6. The second kappa shape index (κ2) is 5.66. The molecule has 0 fully saturated rings. The molecule has 6 nitrogen and oxygen atoms in total. The van der Waals surface area contributed by atoms with Gasteiger partial charge in [0.05, 0.1) is 24.7 Å². The average molecular weight is 287 g/mol. The van der Waals surface area contributed by atoms with Crippen LogP contribution in [0.1, 0.15) is 13.8 Å². The van der Waals surface area contributed by atoms with Crippen LogP contribution >= 0.6 is 0 Å². The highest BCUT2D eigenvalue weighted by Crippen LogP contribution is 2.29. The molecule has 0 saturated heterocycles. The van der Waals surface area contributed by atoms with Crippen molar-refractivity contribution in [2.45, 2.75) is 19.4 Å². The molecular weight excluding hydrogens is 266 g/mol. The van der Waals surface area contributed by atoms with Crippen LogP contribution in [-0.2, 0) is 10.0 Å². The Labute approximate surface area is 114 Å². The predicted octanol–water partition coefficient (Wildman–Crippen LogP) is 1.02. The molecule has 0 amide bonds. The fourth-order valence-electron chi connectivity index (χ4n) is 1.73. The standard InChI is InChI=1S/C12H21N3O3S/c1-12(2,15-19(4,16)17)8-14-9-6-5-7-10(18-3)11(9)13/h5-7,14-15H,8,13H2,1-4H3. The second-order valence-electron chi connectivity index (χ2n) is 5.03. The molecule has 1 aromatic rings. The minimum absolute atomic E-state index is 0.400. The van der Waals surface area contributed by atoms with Gasteiger partial charge in [0, 0.05) is 12.1 Å². The molecule has 0 aromatic heterocycles. The van der Waals surface area contributed by atoms with Gasteiger partial charge in [-0.15, -0.1) is 0 Å². The Morgan fingerprint density at radius 3 is 2.53 bits per heavy atom. The lowest BCUT2D eigenvalue weighted by molar-refractivity contribution is 0.417. The summed E-state index contributed by atoms with van der Waals surface area (Å²) in [4.78, 5) is 0. The molecule has 0 spiro atoms. The van der Waals surface area contributed by atoms with Crippen molar-refractivity contribution in [2.24, 2.45) is 0 Å². The summed E-state index contributed by atoms with van der Waals surface area (Å²) in [6.45, 7) is 3.98. The number of rotatable bonds is 6. The Kier molecular flexibility index (Phi) is 4.65. The third-order valence-electron chi connectivity index (χ3n) is 2.47. The van der Waals surface area contributed by atoms with E-state index in [4.69, 9.17) is 10.5 Å². The maximum absolute atomic E-state index is 11.2. The van der Waals surface area contributed by atoms with Crippen molar-refractivity contribution in [3.8, 4) is 5.75 Å². The Bertz CT molecular complexity index is 541. The minimum atomic E-state index is -3.26. The normalized spacial score (nSPS) is 12.2. The number of anilines is 2. The van der Waals surface area contributed by atoms with Crippen molar-refractivity contribution in [3.05, 3.63) is 18.2 Å². The molecule has 0 radical (unpaired) electrons. The van der Waals surface area contributed by atoms with Crippen LogP contribution in [0.5, 0.6) is 5.75 Å². The maximum Gasteiger partial charge on any atom is 0.209 e. The van der Waals surface area contributed by atoms with Gasteiger partial charge in [-0.3, -0.25) is 0 Å². The molecule has 7 heteroatoms. The van der Waals surface area contributed by atoms with E-state index in [-0.39, 0.29) is 0 Å². The summed E-state index contributed by atoms with van der Waals surface area (Å²) in [5, 5.41) is 3.12. The van der Waals surface area contributed by atoms with E-state index in [9.17, 15) is 8.42 Å². The van der Waals surface area contributed by atoms with Crippen molar-refractivity contribution in [1.29, 1.82) is 0 Å². The van der Waals surface area contributed by atoms with E-state index in [1.165, 1.54) is 0 Å². The molecule has 0 aliphatic carbocycles. The lowest BCUT2D eigenvalue weighted by Gasteiger charge is -2.26. The number of nitrogens with one attached hydrogen (secondary N) is 2. The highest BCUT2D eigenvalue weighted by molar-refractivity contribution is 7.88. The van der Waals surface area contributed by atoms with E-state index in [0.717, 1.165) is 6.26 Å². The topological polar surface area (TPSA) is 93.5 Å². The number of hydrogen-bond donors (Lipinski definition) is 3. The van der Waals surface area contributed by atoms with Crippen LogP contribution in [0.15, 0.2) is 18.2 Å². The molecule has 0 bridgehead atoms. The van der Waals surface area contributed by atoms with Crippen LogP contribution in [0.3, 0.4) is 0 Å². The second-order valence-corrected chi connectivity index (χ2v) is 6.78. The van der Waals surface area contributed by atoms with Crippen molar-refractivity contribution in [1.82, 2.24) is 4.72 Å². The number of nitrogens with two attached hydrogens (primary N) is 1. The Morgan fingerprint density at radius 1 is 1.37 bits per heavy atom. The van der Waals surface area contributed by atoms with Crippen molar-refractivity contribution < 1.29 is 13.2 Å². The fraction of sp³-hybridized carbons (Fsp3) is 0.500. The Hall–Kier alpha value is -1.47. The Balaban J connectivity index is 2.77. The van der Waals surface area contributed by atoms with Crippen molar-refractivity contribution in [3.63, 3.8) is 0 Å². The third-order valence-corrected chi connectivity index (χ3v) is 3.39. The first-order valence-corrected chi connectivity index (χ1v) is 7.69. The molecule has 0 aliphatic rings. The number of ether oxygens (including phenoxy) is 1. The molecule has 0 unspecified atom stereocenters. The van der Waals surface area contributed by atoms with E-state index >= 15 is 0 Å². The fourth-order valence-corrected chi connectivity index (χ4v) is 2.81. The average Bonchev–Trinajstić information content (AvgIpc) is 2.24. The van der Waals surface area contributed by atoms with Gasteiger partial charge < -0.3 is 15.8 Å². The summed E-state index contributed by atoms with van der Waals surface area (Å²) < 4.78 is 30.2. The van der Waals surface area contributed by atoms with Gasteiger partial charge in [-0.25, -0.2) is 13.1 Å². The number of hydrogen-bond acceptors (Lipinski definition) is 5. The van der Waals surface area contributed by atoms with Crippen LogP contribution in [0.2, 0.25) is 0 Å². The summed E-state index contributed by atoms with van der Waals surface area (Å²) in [6.07, 6.45) is 1.13. The van der Waals surface area contributed by atoms with Gasteiger partial charge in [-0.2, -0.15) is 0 Å². The number of methoxy groups -OCH3 is 1. The van der Waals surface area contributed by atoms with Crippen LogP contribution in [0, 0.1) is 0 Å². The van der Waals surface area contributed by atoms with Crippen molar-refractivity contribution in [2.75, 3.05) is 31.0 Å². The molecule has 1 rings (SSSR count). The first kappa shape index (κ1) is 15.6. The Morgan fingerprint density at radius 2 is 2.00 bits per heavy atom. The number of benzene rings is 1. The number of para-hydroxylation sites is 1. The summed E-state index contributed by atoms with van der Waals surface area (Å²) in [6, 6.07) is 5.39. The number of sulfonamides is 1. The van der Waals surface area contributed by atoms with Gasteiger partial charge in [0.2, 0.25) is 10.0 Å². The highest BCUT2D eigenvalue weighted by Gasteiger charge is 2.22. The molecule has 19 heavy (non-hydrogen) atoms. The third kappa shape index (κ3) is 4.96. The molecular formula is C12H21N3O3S. The molecule has 0 aliphatic heterocycles. The van der Waals surface area contributed by atoms with Gasteiger partial charge >= 0.3 is 0 Å². The lowest BCUT2D eigenvalue weighted by Crippen LogP contribution is -2.47. The van der Waals surface area contributed by atoms with Gasteiger partial charge in [0.1, 0.15) is 5.75 Å². The largest absolute Gasteiger partial charge is 0.495 e. The molecule has 108 valence electrons. The number of nitrogen functional groups attached to an aromatic ring is 1. The maximum atomic E-state index is 11.2. The smallest absolute Gasteiger partial charge is 0.209 e. The highest BCUT2D eigenvalue weighted by atomic mass is 32.2. The van der Waals surface area contributed by atoms with E-state index in [1.807, 2.05) is 12.1 Å². The summed E-state index contributed by atoms with van der Waals surface area (Å²) in [5.41, 5.74) is 6.51. The monoisotopic (exact) mass is 287 g/mol. The van der Waals surface area contributed by atoms with E-state index in [2.05, 4.69) is 10.0 Å². The van der Waals surface area contributed by atoms with Gasteiger partial charge in [-0.05, 0) is 26.0 Å². The van der Waals surface area contributed by atoms with Crippen LogP contribution < -0.4 is 20.5 Å². The summed E-state index contributed by atoms with van der Waals surface area (Å²) >= 11 is 0. The lowest BCUT2D eigenvalue weighted by atomic mass is 10.1. The SMILES string of the molecule is COc1cccc(NCC(C)(C)NS(C)(=O)=O)c1N. The first-order valence-electron chi connectivity index (χ1n) is 5.80. The molecule has 0 saturated carbocycles. The van der Waals surface area contributed by atoms with Gasteiger partial charge in [0.25, 0.3) is 0 Å². The van der Waals surface area contributed by atoms with Crippen LogP contribution in [-0.4, -0.2) is 33.9 Å². The predicted molar refractivity (Wildman–Crippen MR) is 78.0 cm³/mol. The van der Waals surface area contributed by atoms with Gasteiger partial charge in [0.15, 0.2) is 0 Å². The van der Waals surface area contributed by atoms with Gasteiger partial charge in [-0.1, -0.05) is 6.07 Å². The first-order chi connectivity index (χ1) is 8.64. The molecule has 4 N–H and O–H groups in total. The van der Waals surface area contributed by atoms with Crippen molar-refractivity contribution >= 4 is 21.4 Å². The minimum Gasteiger partial charge on any atom is -0.495 e. The quantitative estimate of drug-likeness (QED) is 0.679. The molecule has 1 aromatic carbocycles.